The summed E-state index contributed by atoms with van der Waals surface area (Å²) in [6, 6.07) is 13.3. The van der Waals surface area contributed by atoms with Crippen LogP contribution in [0.25, 0.3) is 11.4 Å². The van der Waals surface area contributed by atoms with E-state index < -0.39 is 11.6 Å². The highest BCUT2D eigenvalue weighted by Gasteiger charge is 2.43. The first kappa shape index (κ1) is 19.2. The summed E-state index contributed by atoms with van der Waals surface area (Å²) in [5.41, 5.74) is 1.77. The van der Waals surface area contributed by atoms with Gasteiger partial charge in [0.05, 0.1) is 22.9 Å². The van der Waals surface area contributed by atoms with Crippen molar-refractivity contribution in [2.24, 2.45) is 0 Å². The second-order valence-corrected chi connectivity index (χ2v) is 7.20. The fraction of sp³-hybridized carbons (Fsp3) is 0.273. The number of β-amino-alcohol motifs (C(OH)–C–C–N with tert-alkyl or cyclic N) is 1. The molecule has 0 radical (unpaired) electrons. The molecule has 0 saturated carbocycles. The number of nitrogens with one attached hydrogen (secondary N) is 2. The number of carbonyl (C=O) groups excluding carboxylic acids is 1. The van der Waals surface area contributed by atoms with Crippen molar-refractivity contribution in [2.45, 2.75) is 25.0 Å². The molecule has 7 nitrogen and oxygen atoms in total. The van der Waals surface area contributed by atoms with Crippen LogP contribution in [0.4, 0.5) is 0 Å². The quantitative estimate of drug-likeness (QED) is 0.629. The van der Waals surface area contributed by atoms with E-state index in [-0.39, 0.29) is 5.91 Å². The number of hydrogen-bond donors (Lipinski definition) is 3. The van der Waals surface area contributed by atoms with E-state index in [0.29, 0.717) is 36.6 Å². The first-order chi connectivity index (χ1) is 14.1. The zero-order valence-corrected chi connectivity index (χ0v) is 16.2. The fourth-order valence-electron chi connectivity index (χ4n) is 3.75. The Hall–Kier alpha value is -3.16. The molecule has 0 spiro atoms. The molecular formula is C22H23N5O2. The molecule has 0 unspecified atom stereocenters. The molecule has 1 fully saturated rings. The van der Waals surface area contributed by atoms with Gasteiger partial charge in [-0.05, 0) is 37.6 Å². The van der Waals surface area contributed by atoms with Crippen molar-refractivity contribution in [3.63, 3.8) is 0 Å². The Bertz CT molecular complexity index is 997. The van der Waals surface area contributed by atoms with E-state index >= 15 is 0 Å². The molecule has 3 N–H and O–H groups in total. The van der Waals surface area contributed by atoms with E-state index in [1.165, 1.54) is 6.20 Å². The van der Waals surface area contributed by atoms with Gasteiger partial charge in [-0.2, -0.15) is 0 Å². The third-order valence-electron chi connectivity index (χ3n) is 5.37. The number of nitrogens with zero attached hydrogens (tertiary/aromatic N) is 3. The van der Waals surface area contributed by atoms with Crippen LogP contribution in [0.5, 0.6) is 0 Å². The van der Waals surface area contributed by atoms with Crippen molar-refractivity contribution in [3.05, 3.63) is 77.9 Å². The summed E-state index contributed by atoms with van der Waals surface area (Å²) in [5.74, 6) is 0.219. The maximum absolute atomic E-state index is 13.2. The molecule has 29 heavy (non-hydrogen) atoms. The lowest BCUT2D eigenvalue weighted by Crippen LogP contribution is -2.61. The van der Waals surface area contributed by atoms with Gasteiger partial charge in [0.2, 0.25) is 0 Å². The topological polar surface area (TPSA) is 100 Å². The molecule has 3 aromatic rings. The average Bonchev–Trinajstić information content (AvgIpc) is 2.76. The van der Waals surface area contributed by atoms with Crippen molar-refractivity contribution in [3.8, 4) is 11.4 Å². The maximum Gasteiger partial charge on any atom is 0.255 e. The van der Waals surface area contributed by atoms with Gasteiger partial charge in [-0.15, -0.1) is 0 Å². The average molecular weight is 389 g/mol. The van der Waals surface area contributed by atoms with Crippen molar-refractivity contribution >= 4 is 5.91 Å². The first-order valence-electron chi connectivity index (χ1n) is 9.61. The van der Waals surface area contributed by atoms with Crippen LogP contribution in [-0.2, 0) is 5.54 Å². The van der Waals surface area contributed by atoms with Crippen molar-refractivity contribution in [2.75, 3.05) is 13.1 Å². The summed E-state index contributed by atoms with van der Waals surface area (Å²) in [4.78, 5) is 26.1. The maximum atomic E-state index is 13.2. The number of pyridine rings is 1. The smallest absolute Gasteiger partial charge is 0.255 e. The molecule has 4 rings (SSSR count). The van der Waals surface area contributed by atoms with Gasteiger partial charge in [0.1, 0.15) is 0 Å². The normalized spacial score (nSPS) is 21.5. The molecule has 148 valence electrons. The molecule has 0 aliphatic carbocycles. The molecular weight excluding hydrogens is 366 g/mol. The predicted octanol–water partition coefficient (Wildman–Crippen LogP) is 1.83. The van der Waals surface area contributed by atoms with Gasteiger partial charge < -0.3 is 15.7 Å². The summed E-state index contributed by atoms with van der Waals surface area (Å²) in [7, 11) is 0. The van der Waals surface area contributed by atoms with E-state index in [1.54, 1.807) is 19.3 Å². The molecule has 7 heteroatoms. The lowest BCUT2D eigenvalue weighted by atomic mass is 9.79. The number of hydrogen-bond acceptors (Lipinski definition) is 6. The first-order valence-corrected chi connectivity index (χ1v) is 9.61. The number of aromatic nitrogens is 3. The minimum Gasteiger partial charge on any atom is -0.389 e. The Morgan fingerprint density at radius 2 is 2.03 bits per heavy atom. The Morgan fingerprint density at radius 1 is 1.21 bits per heavy atom. The van der Waals surface area contributed by atoms with Gasteiger partial charge >= 0.3 is 0 Å². The standard InChI is InChI=1S/C22H23N5O2/c1-15-18(13-25-20(26-15)16-6-5-10-23-12-16)21(29)27-22(9-11-24-14-19(22)28)17-7-3-2-4-8-17/h2-8,10,12-13,19,24,28H,9,11,14H2,1H3,(H,27,29)/t19-,22+/m1/s1. The number of carbonyl (C=O) groups is 1. The SMILES string of the molecule is Cc1nc(-c2cccnc2)ncc1C(=O)N[C@]1(c2ccccc2)CCNC[C@H]1O. The number of rotatable bonds is 4. The molecule has 2 atom stereocenters. The van der Waals surface area contributed by atoms with E-state index in [4.69, 9.17) is 0 Å². The zero-order valence-electron chi connectivity index (χ0n) is 16.2. The van der Waals surface area contributed by atoms with Gasteiger partial charge in [0.25, 0.3) is 5.91 Å². The molecule has 2 aromatic heterocycles. The number of benzene rings is 1. The summed E-state index contributed by atoms with van der Waals surface area (Å²) in [6.45, 7) is 2.89. The Morgan fingerprint density at radius 3 is 2.72 bits per heavy atom. The van der Waals surface area contributed by atoms with Crippen LogP contribution in [0.15, 0.2) is 61.1 Å². The molecule has 3 heterocycles. The molecule has 1 aliphatic rings. The van der Waals surface area contributed by atoms with E-state index in [2.05, 4.69) is 25.6 Å². The van der Waals surface area contributed by atoms with Gasteiger partial charge in [0.15, 0.2) is 5.82 Å². The number of amides is 1. The van der Waals surface area contributed by atoms with Crippen LogP contribution in [0.2, 0.25) is 0 Å². The van der Waals surface area contributed by atoms with E-state index in [1.807, 2.05) is 42.5 Å². The number of aliphatic hydroxyl groups is 1. The minimum absolute atomic E-state index is 0.301. The largest absolute Gasteiger partial charge is 0.389 e. The second kappa shape index (κ2) is 8.06. The Balaban J connectivity index is 1.65. The van der Waals surface area contributed by atoms with Gasteiger partial charge in [0, 0.05) is 30.7 Å². The van der Waals surface area contributed by atoms with Crippen LogP contribution >= 0.6 is 0 Å². The number of piperidine rings is 1. The highest BCUT2D eigenvalue weighted by molar-refractivity contribution is 5.95. The van der Waals surface area contributed by atoms with Gasteiger partial charge in [-0.1, -0.05) is 30.3 Å². The van der Waals surface area contributed by atoms with Crippen molar-refractivity contribution in [1.82, 2.24) is 25.6 Å². The molecule has 1 saturated heterocycles. The highest BCUT2D eigenvalue weighted by atomic mass is 16.3. The summed E-state index contributed by atoms with van der Waals surface area (Å²) >= 11 is 0. The third kappa shape index (κ3) is 3.74. The molecule has 1 amide bonds. The molecule has 1 aliphatic heterocycles. The lowest BCUT2D eigenvalue weighted by molar-refractivity contribution is 0.0289. The van der Waals surface area contributed by atoms with E-state index in [9.17, 15) is 9.90 Å². The van der Waals surface area contributed by atoms with Crippen LogP contribution in [0.3, 0.4) is 0 Å². The number of aryl methyl sites for hydroxylation is 1. The monoisotopic (exact) mass is 389 g/mol. The van der Waals surface area contributed by atoms with Crippen molar-refractivity contribution in [1.29, 1.82) is 0 Å². The third-order valence-corrected chi connectivity index (χ3v) is 5.37. The van der Waals surface area contributed by atoms with Crippen LogP contribution in [0.1, 0.15) is 28.0 Å². The highest BCUT2D eigenvalue weighted by Crippen LogP contribution is 2.31. The van der Waals surface area contributed by atoms with Crippen LogP contribution in [0, 0.1) is 6.92 Å². The number of aliphatic hydroxyl groups excluding tert-OH is 1. The summed E-state index contributed by atoms with van der Waals surface area (Å²) < 4.78 is 0. The predicted molar refractivity (Wildman–Crippen MR) is 109 cm³/mol. The van der Waals surface area contributed by atoms with Crippen LogP contribution in [-0.4, -0.2) is 45.2 Å². The summed E-state index contributed by atoms with van der Waals surface area (Å²) in [5, 5.41) is 17.1. The Kier molecular flexibility index (Phi) is 5.33. The van der Waals surface area contributed by atoms with Gasteiger partial charge in [-0.25, -0.2) is 9.97 Å². The minimum atomic E-state index is -0.863. The molecule has 0 bridgehead atoms. The lowest BCUT2D eigenvalue weighted by Gasteiger charge is -2.43. The van der Waals surface area contributed by atoms with E-state index in [0.717, 1.165) is 11.1 Å². The zero-order chi connectivity index (χ0) is 20.3. The Labute approximate surface area is 169 Å². The van der Waals surface area contributed by atoms with Crippen molar-refractivity contribution < 1.29 is 9.90 Å². The second-order valence-electron chi connectivity index (χ2n) is 7.20. The van der Waals surface area contributed by atoms with Crippen LogP contribution < -0.4 is 10.6 Å². The summed E-state index contributed by atoms with van der Waals surface area (Å²) in [6.07, 6.45) is 4.73. The van der Waals surface area contributed by atoms with Gasteiger partial charge in [-0.3, -0.25) is 9.78 Å². The fourth-order valence-corrected chi connectivity index (χ4v) is 3.75. The molecule has 1 aromatic carbocycles.